The lowest BCUT2D eigenvalue weighted by molar-refractivity contribution is -0.136. The largest absolute Gasteiger partial charge is 0.480 e. The second-order valence-corrected chi connectivity index (χ2v) is 3.33. The van der Waals surface area contributed by atoms with E-state index in [1.807, 2.05) is 0 Å². The van der Waals surface area contributed by atoms with Crippen LogP contribution >= 0.6 is 11.8 Å². The van der Waals surface area contributed by atoms with Gasteiger partial charge in [0.1, 0.15) is 5.25 Å². The van der Waals surface area contributed by atoms with Crippen molar-refractivity contribution in [1.29, 1.82) is 0 Å². The first kappa shape index (κ1) is 9.12. The fraction of sp³-hybridized carbons (Fsp3) is 0.429. The smallest absolute Gasteiger partial charge is 0.318 e. The number of carbonyl (C=O) groups is 1. The van der Waals surface area contributed by atoms with Crippen molar-refractivity contribution in [2.45, 2.75) is 11.8 Å². The Bertz CT molecular complexity index is 248. The summed E-state index contributed by atoms with van der Waals surface area (Å²) in [5.74, 6) is -0.794. The standard InChI is InChI=1S/C7H10N2O2S/c1-12-6(7(10)11)5-9-4-2-3-8-9/h2-4,6H,5H2,1H3,(H,10,11)/t6-/m0/s1. The van der Waals surface area contributed by atoms with Crippen LogP contribution in [0.4, 0.5) is 0 Å². The molecule has 12 heavy (non-hydrogen) atoms. The van der Waals surface area contributed by atoms with Crippen LogP contribution in [0.3, 0.4) is 0 Å². The first-order valence-electron chi connectivity index (χ1n) is 3.47. The van der Waals surface area contributed by atoms with Gasteiger partial charge in [0, 0.05) is 12.4 Å². The summed E-state index contributed by atoms with van der Waals surface area (Å²) in [6.45, 7) is 0.420. The molecule has 0 saturated carbocycles. The van der Waals surface area contributed by atoms with Crippen LogP contribution in [0.5, 0.6) is 0 Å². The fourth-order valence-corrected chi connectivity index (χ4v) is 1.34. The van der Waals surface area contributed by atoms with Crippen LogP contribution in [-0.2, 0) is 11.3 Å². The molecule has 5 heteroatoms. The maximum Gasteiger partial charge on any atom is 0.318 e. The quantitative estimate of drug-likeness (QED) is 0.752. The summed E-state index contributed by atoms with van der Waals surface area (Å²) in [4.78, 5) is 10.6. The number of carboxylic acid groups (broad SMARTS) is 1. The molecule has 0 fully saturated rings. The minimum atomic E-state index is -0.794. The Morgan fingerprint density at radius 1 is 1.83 bits per heavy atom. The molecule has 66 valence electrons. The van der Waals surface area contributed by atoms with E-state index in [-0.39, 0.29) is 0 Å². The number of aromatic nitrogens is 2. The highest BCUT2D eigenvalue weighted by Crippen LogP contribution is 2.08. The summed E-state index contributed by atoms with van der Waals surface area (Å²) in [7, 11) is 0. The molecule has 0 aliphatic rings. The SMILES string of the molecule is CS[C@@H](Cn1cccn1)C(=O)O. The monoisotopic (exact) mass is 186 g/mol. The van der Waals surface area contributed by atoms with E-state index in [2.05, 4.69) is 5.10 Å². The van der Waals surface area contributed by atoms with Gasteiger partial charge in [0.15, 0.2) is 0 Å². The van der Waals surface area contributed by atoms with Gasteiger partial charge in [-0.15, -0.1) is 11.8 Å². The molecule has 4 nitrogen and oxygen atoms in total. The Morgan fingerprint density at radius 2 is 2.58 bits per heavy atom. The molecule has 0 aliphatic carbocycles. The Balaban J connectivity index is 2.54. The topological polar surface area (TPSA) is 55.1 Å². The van der Waals surface area contributed by atoms with Gasteiger partial charge in [-0.2, -0.15) is 5.10 Å². The first-order chi connectivity index (χ1) is 5.74. The molecular formula is C7H10N2O2S. The summed E-state index contributed by atoms with van der Waals surface area (Å²) >= 11 is 1.32. The first-order valence-corrected chi connectivity index (χ1v) is 4.76. The lowest BCUT2D eigenvalue weighted by Crippen LogP contribution is -2.22. The van der Waals surface area contributed by atoms with Crippen LogP contribution in [0, 0.1) is 0 Å². The molecule has 1 N–H and O–H groups in total. The molecule has 0 aromatic carbocycles. The van der Waals surface area contributed by atoms with E-state index >= 15 is 0 Å². The summed E-state index contributed by atoms with van der Waals surface area (Å²) in [6.07, 6.45) is 5.17. The number of aliphatic carboxylic acids is 1. The highest BCUT2D eigenvalue weighted by atomic mass is 32.2. The van der Waals surface area contributed by atoms with Crippen molar-refractivity contribution in [3.05, 3.63) is 18.5 Å². The second kappa shape index (κ2) is 4.15. The Hall–Kier alpha value is -0.970. The highest BCUT2D eigenvalue weighted by molar-refractivity contribution is 7.99. The number of rotatable bonds is 4. The van der Waals surface area contributed by atoms with Crippen LogP contribution < -0.4 is 0 Å². The number of thioether (sulfide) groups is 1. The van der Waals surface area contributed by atoms with Crippen LogP contribution in [-0.4, -0.2) is 32.4 Å². The molecule has 0 amide bonds. The number of hydrogen-bond donors (Lipinski definition) is 1. The predicted octanol–water partition coefficient (Wildman–Crippen LogP) is 0.699. The van der Waals surface area contributed by atoms with Crippen molar-refractivity contribution >= 4 is 17.7 Å². The Labute approximate surface area is 74.6 Å². The Morgan fingerprint density at radius 3 is 3.00 bits per heavy atom. The normalized spacial score (nSPS) is 12.8. The van der Waals surface area contributed by atoms with Gasteiger partial charge in [-0.3, -0.25) is 9.48 Å². The minimum Gasteiger partial charge on any atom is -0.480 e. The maximum atomic E-state index is 10.6. The van der Waals surface area contributed by atoms with E-state index in [0.717, 1.165) is 0 Å². The third-order valence-corrected chi connectivity index (χ3v) is 2.39. The second-order valence-electron chi connectivity index (χ2n) is 2.29. The summed E-state index contributed by atoms with van der Waals surface area (Å²) in [6, 6.07) is 1.78. The third-order valence-electron chi connectivity index (χ3n) is 1.47. The summed E-state index contributed by atoms with van der Waals surface area (Å²) in [5.41, 5.74) is 0. The number of nitrogens with zero attached hydrogens (tertiary/aromatic N) is 2. The molecule has 0 bridgehead atoms. The lowest BCUT2D eigenvalue weighted by atomic mass is 10.4. The zero-order chi connectivity index (χ0) is 8.97. The van der Waals surface area contributed by atoms with E-state index < -0.39 is 11.2 Å². The summed E-state index contributed by atoms with van der Waals surface area (Å²) in [5, 5.41) is 12.2. The van der Waals surface area contributed by atoms with Crippen LogP contribution in [0.15, 0.2) is 18.5 Å². The van der Waals surface area contributed by atoms with Crippen LogP contribution in [0.25, 0.3) is 0 Å². The Kier molecular flexibility index (Phi) is 3.16. The van der Waals surface area contributed by atoms with Crippen molar-refractivity contribution in [3.63, 3.8) is 0 Å². The van der Waals surface area contributed by atoms with Crippen LogP contribution in [0.1, 0.15) is 0 Å². The molecule has 0 radical (unpaired) electrons. The summed E-state index contributed by atoms with van der Waals surface area (Å²) < 4.78 is 1.62. The molecular weight excluding hydrogens is 176 g/mol. The van der Waals surface area contributed by atoms with Crippen molar-refractivity contribution in [3.8, 4) is 0 Å². The van der Waals surface area contributed by atoms with E-state index in [1.54, 1.807) is 29.4 Å². The average Bonchev–Trinajstić information content (AvgIpc) is 2.51. The van der Waals surface area contributed by atoms with E-state index in [0.29, 0.717) is 6.54 Å². The predicted molar refractivity (Wildman–Crippen MR) is 47.2 cm³/mol. The zero-order valence-electron chi connectivity index (χ0n) is 6.67. The molecule has 0 saturated heterocycles. The van der Waals surface area contributed by atoms with Gasteiger partial charge in [0.25, 0.3) is 0 Å². The third kappa shape index (κ3) is 2.27. The van der Waals surface area contributed by atoms with Crippen molar-refractivity contribution in [2.24, 2.45) is 0 Å². The van der Waals surface area contributed by atoms with Gasteiger partial charge in [-0.05, 0) is 12.3 Å². The number of hydrogen-bond acceptors (Lipinski definition) is 3. The van der Waals surface area contributed by atoms with Crippen molar-refractivity contribution < 1.29 is 9.90 Å². The molecule has 0 aliphatic heterocycles. The molecule has 0 unspecified atom stereocenters. The van der Waals surface area contributed by atoms with Gasteiger partial charge >= 0.3 is 5.97 Å². The van der Waals surface area contributed by atoms with E-state index in [9.17, 15) is 4.79 Å². The maximum absolute atomic E-state index is 10.6. The van der Waals surface area contributed by atoms with E-state index in [4.69, 9.17) is 5.11 Å². The van der Waals surface area contributed by atoms with Gasteiger partial charge in [0.05, 0.1) is 6.54 Å². The average molecular weight is 186 g/mol. The lowest BCUT2D eigenvalue weighted by Gasteiger charge is -2.08. The molecule has 1 rings (SSSR count). The molecule has 1 aromatic heterocycles. The highest BCUT2D eigenvalue weighted by Gasteiger charge is 2.15. The fourth-order valence-electron chi connectivity index (χ4n) is 0.832. The van der Waals surface area contributed by atoms with Gasteiger partial charge in [-0.1, -0.05) is 0 Å². The van der Waals surface area contributed by atoms with Gasteiger partial charge < -0.3 is 5.11 Å². The minimum absolute atomic E-state index is 0.412. The molecule has 0 spiro atoms. The van der Waals surface area contributed by atoms with Crippen molar-refractivity contribution in [2.75, 3.05) is 6.26 Å². The van der Waals surface area contributed by atoms with Crippen molar-refractivity contribution in [1.82, 2.24) is 9.78 Å². The molecule has 1 heterocycles. The molecule has 1 atom stereocenters. The van der Waals surface area contributed by atoms with Crippen LogP contribution in [0.2, 0.25) is 0 Å². The molecule has 1 aromatic rings. The van der Waals surface area contributed by atoms with Gasteiger partial charge in [0.2, 0.25) is 0 Å². The van der Waals surface area contributed by atoms with E-state index in [1.165, 1.54) is 11.8 Å². The number of carboxylic acids is 1. The van der Waals surface area contributed by atoms with Gasteiger partial charge in [-0.25, -0.2) is 0 Å². The zero-order valence-corrected chi connectivity index (χ0v) is 7.49.